The summed E-state index contributed by atoms with van der Waals surface area (Å²) in [7, 11) is 1.42. The first-order valence-electron chi connectivity index (χ1n) is 11.3. The monoisotopic (exact) mass is 545 g/mol. The maximum Gasteiger partial charge on any atom is 0.271 e. The number of nitro groups is 2. The lowest BCUT2D eigenvalue weighted by atomic mass is 10.0. The minimum atomic E-state index is -1.09. The molecule has 1 aliphatic rings. The number of benzene rings is 3. The van der Waals surface area contributed by atoms with E-state index in [2.05, 4.69) is 21.1 Å². The van der Waals surface area contributed by atoms with Crippen LogP contribution in [0.15, 0.2) is 83.0 Å². The maximum atomic E-state index is 12.7. The highest BCUT2D eigenvalue weighted by atomic mass is 16.6. The first-order valence-corrected chi connectivity index (χ1v) is 11.3. The molecule has 0 saturated carbocycles. The van der Waals surface area contributed by atoms with Crippen molar-refractivity contribution in [3.8, 4) is 5.75 Å². The third-order valence-corrected chi connectivity index (χ3v) is 5.55. The third-order valence-electron chi connectivity index (χ3n) is 5.55. The standard InChI is InChI=1S/C25H19N7O8/c1-39-19-11-3-2-10-18(19)22-20(27-29-24(33)14-6-4-8-16(12-14)31(35)36)21(23(26)40-22)28-30-25(34)15-7-5-9-17(13-15)32(37)38/h2-13,22,26H,1H3,(H,29,33)(H,30,34). The molecule has 0 aromatic heterocycles. The molecule has 2 amide bonds. The highest BCUT2D eigenvalue weighted by molar-refractivity contribution is 6.69. The molecular formula is C25H19N7O8. The molecule has 3 N–H and O–H groups in total. The molecule has 202 valence electrons. The molecule has 1 heterocycles. The molecule has 0 spiro atoms. The predicted octanol–water partition coefficient (Wildman–Crippen LogP) is 3.13. The Hall–Kier alpha value is -5.99. The van der Waals surface area contributed by atoms with Crippen molar-refractivity contribution in [3.63, 3.8) is 0 Å². The number of carbonyl (C=O) groups is 2. The largest absolute Gasteiger partial charge is 0.496 e. The Bertz CT molecular complexity index is 1600. The summed E-state index contributed by atoms with van der Waals surface area (Å²) >= 11 is 0. The van der Waals surface area contributed by atoms with E-state index in [1.54, 1.807) is 24.3 Å². The topological polar surface area (TPSA) is 212 Å². The van der Waals surface area contributed by atoms with Gasteiger partial charge in [-0.3, -0.25) is 35.2 Å². The average molecular weight is 545 g/mol. The molecule has 1 unspecified atom stereocenters. The first-order chi connectivity index (χ1) is 19.2. The van der Waals surface area contributed by atoms with Crippen molar-refractivity contribution in [2.24, 2.45) is 10.2 Å². The van der Waals surface area contributed by atoms with E-state index in [0.29, 0.717) is 11.3 Å². The molecule has 3 aromatic rings. The van der Waals surface area contributed by atoms with Gasteiger partial charge in [0.25, 0.3) is 23.2 Å². The number of nitrogens with zero attached hydrogens (tertiary/aromatic N) is 4. The van der Waals surface area contributed by atoms with E-state index in [0.717, 1.165) is 12.1 Å². The van der Waals surface area contributed by atoms with Crippen LogP contribution in [0.1, 0.15) is 32.4 Å². The summed E-state index contributed by atoms with van der Waals surface area (Å²) in [6.45, 7) is 0. The van der Waals surface area contributed by atoms with Crippen LogP contribution in [0.2, 0.25) is 0 Å². The zero-order valence-corrected chi connectivity index (χ0v) is 20.6. The second kappa shape index (κ2) is 11.6. The molecule has 1 atom stereocenters. The van der Waals surface area contributed by atoms with Gasteiger partial charge >= 0.3 is 0 Å². The summed E-state index contributed by atoms with van der Waals surface area (Å²) in [5, 5.41) is 38.4. The number of amides is 2. The van der Waals surface area contributed by atoms with Gasteiger partial charge in [-0.2, -0.15) is 10.2 Å². The van der Waals surface area contributed by atoms with Gasteiger partial charge < -0.3 is 9.47 Å². The number of hydrazone groups is 2. The third kappa shape index (κ3) is 5.77. The van der Waals surface area contributed by atoms with Gasteiger partial charge in [-0.15, -0.1) is 0 Å². The molecule has 1 aliphatic heterocycles. The fourth-order valence-electron chi connectivity index (χ4n) is 3.65. The van der Waals surface area contributed by atoms with E-state index >= 15 is 0 Å². The Kier molecular flexibility index (Phi) is 7.84. The zero-order chi connectivity index (χ0) is 28.8. The quantitative estimate of drug-likeness (QED) is 0.282. The Morgan fingerprint density at radius 1 is 0.875 bits per heavy atom. The van der Waals surface area contributed by atoms with Gasteiger partial charge in [-0.05, 0) is 18.2 Å². The van der Waals surface area contributed by atoms with Crippen LogP contribution in [0.3, 0.4) is 0 Å². The number of para-hydroxylation sites is 1. The molecule has 15 heteroatoms. The number of ether oxygens (including phenoxy) is 2. The van der Waals surface area contributed by atoms with Crippen molar-refractivity contribution in [1.82, 2.24) is 10.9 Å². The number of nitro benzene ring substituents is 2. The van der Waals surface area contributed by atoms with E-state index < -0.39 is 33.7 Å². The summed E-state index contributed by atoms with van der Waals surface area (Å²) in [5.41, 5.74) is 3.84. The van der Waals surface area contributed by atoms with Crippen LogP contribution < -0.4 is 15.6 Å². The van der Waals surface area contributed by atoms with Crippen LogP contribution in [0.5, 0.6) is 5.75 Å². The summed E-state index contributed by atoms with van der Waals surface area (Å²) in [6.07, 6.45) is -1.09. The van der Waals surface area contributed by atoms with Crippen molar-refractivity contribution in [1.29, 1.82) is 5.41 Å². The summed E-state index contributed by atoms with van der Waals surface area (Å²) in [5.74, 6) is -1.74. The van der Waals surface area contributed by atoms with Crippen LogP contribution in [-0.2, 0) is 4.74 Å². The minimum Gasteiger partial charge on any atom is -0.496 e. The fraction of sp³-hybridized carbons (Fsp3) is 0.0800. The zero-order valence-electron chi connectivity index (χ0n) is 20.6. The van der Waals surface area contributed by atoms with Gasteiger partial charge in [0.15, 0.2) is 11.8 Å². The number of nitrogens with one attached hydrogen (secondary N) is 3. The smallest absolute Gasteiger partial charge is 0.271 e. The van der Waals surface area contributed by atoms with Gasteiger partial charge in [0, 0.05) is 41.0 Å². The second-order valence-electron chi connectivity index (χ2n) is 8.02. The van der Waals surface area contributed by atoms with Crippen molar-refractivity contribution in [2.75, 3.05) is 7.11 Å². The highest BCUT2D eigenvalue weighted by Crippen LogP contribution is 2.33. The maximum absolute atomic E-state index is 12.7. The van der Waals surface area contributed by atoms with Crippen molar-refractivity contribution >= 4 is 40.5 Å². The summed E-state index contributed by atoms with van der Waals surface area (Å²) in [4.78, 5) is 46.2. The molecule has 15 nitrogen and oxygen atoms in total. The minimum absolute atomic E-state index is 0.0566. The average Bonchev–Trinajstić information content (AvgIpc) is 3.28. The van der Waals surface area contributed by atoms with Gasteiger partial charge in [-0.25, -0.2) is 10.9 Å². The van der Waals surface area contributed by atoms with Crippen LogP contribution in [0.25, 0.3) is 0 Å². The number of methoxy groups -OCH3 is 1. The molecule has 1 fully saturated rings. The number of hydrogen-bond acceptors (Lipinski definition) is 11. The van der Waals surface area contributed by atoms with Crippen molar-refractivity contribution in [3.05, 3.63) is 110 Å². The van der Waals surface area contributed by atoms with Crippen LogP contribution in [0.4, 0.5) is 11.4 Å². The van der Waals surface area contributed by atoms with Crippen molar-refractivity contribution < 1.29 is 28.9 Å². The molecule has 0 radical (unpaired) electrons. The molecule has 0 aliphatic carbocycles. The molecule has 3 aromatic carbocycles. The lowest BCUT2D eigenvalue weighted by Gasteiger charge is -2.14. The summed E-state index contributed by atoms with van der Waals surface area (Å²) < 4.78 is 11.0. The lowest BCUT2D eigenvalue weighted by molar-refractivity contribution is -0.385. The Labute approximate surface area is 224 Å². The number of non-ortho nitro benzene ring substituents is 2. The van der Waals surface area contributed by atoms with E-state index in [-0.39, 0.29) is 33.9 Å². The van der Waals surface area contributed by atoms with Crippen LogP contribution >= 0.6 is 0 Å². The molecule has 4 rings (SSSR count). The van der Waals surface area contributed by atoms with Crippen LogP contribution in [0, 0.1) is 25.6 Å². The van der Waals surface area contributed by atoms with E-state index in [1.165, 1.54) is 43.5 Å². The lowest BCUT2D eigenvalue weighted by Crippen LogP contribution is -2.28. The Balaban J connectivity index is 1.68. The first kappa shape index (κ1) is 27.1. The van der Waals surface area contributed by atoms with Gasteiger partial charge in [0.1, 0.15) is 11.5 Å². The number of rotatable bonds is 8. The molecule has 1 saturated heterocycles. The predicted molar refractivity (Wildman–Crippen MR) is 141 cm³/mol. The number of carbonyl (C=O) groups excluding carboxylic acids is 2. The second-order valence-corrected chi connectivity index (χ2v) is 8.02. The Morgan fingerprint density at radius 3 is 1.98 bits per heavy atom. The fourth-order valence-corrected chi connectivity index (χ4v) is 3.65. The van der Waals surface area contributed by atoms with Gasteiger partial charge in [0.2, 0.25) is 5.90 Å². The van der Waals surface area contributed by atoms with E-state index in [1.807, 2.05) is 0 Å². The van der Waals surface area contributed by atoms with E-state index in [4.69, 9.17) is 14.9 Å². The van der Waals surface area contributed by atoms with Gasteiger partial charge in [-0.1, -0.05) is 30.3 Å². The Morgan fingerprint density at radius 2 is 1.43 bits per heavy atom. The molecule has 0 bridgehead atoms. The molecule has 40 heavy (non-hydrogen) atoms. The summed E-state index contributed by atoms with van der Waals surface area (Å²) in [6, 6.07) is 16.6. The van der Waals surface area contributed by atoms with E-state index in [9.17, 15) is 29.8 Å². The highest BCUT2D eigenvalue weighted by Gasteiger charge is 2.39. The SMILES string of the molecule is COc1ccccc1C1OC(=N)C(=NNC(=O)c2cccc([N+](=O)[O-])c2)C1=NNC(=O)c1cccc([N+](=O)[O-])c1. The normalized spacial score (nSPS) is 16.3. The van der Waals surface area contributed by atoms with Gasteiger partial charge in [0.05, 0.1) is 17.0 Å². The van der Waals surface area contributed by atoms with Crippen molar-refractivity contribution in [2.45, 2.75) is 6.10 Å². The van der Waals surface area contributed by atoms with Crippen LogP contribution in [-0.4, -0.2) is 46.1 Å². The number of hydrogen-bond donors (Lipinski definition) is 3. The molecular weight excluding hydrogens is 526 g/mol.